The number of unbranched alkanes of at least 4 members (excludes halogenated alkanes) is 19. The van der Waals surface area contributed by atoms with Crippen LogP contribution in [0.4, 0.5) is 0 Å². The highest BCUT2D eigenvalue weighted by atomic mass is 16.3. The summed E-state index contributed by atoms with van der Waals surface area (Å²) in [6.45, 7) is 4.12. The van der Waals surface area contributed by atoms with Crippen LogP contribution in [-0.4, -0.2) is 46.1 Å². The van der Waals surface area contributed by atoms with E-state index in [2.05, 4.69) is 43.5 Å². The zero-order chi connectivity index (χ0) is 30.2. The standard InChI is InChI=1S/C36H69NO4/c1-3-5-7-9-11-13-15-16-17-18-19-21-23-25-27-29-31-35(40)37-33(32-38)36(41)34(39)30-28-26-24-22-20-14-12-10-8-6-4-2/h17-18,22,24,33-34,36,38-39,41H,3-16,19-21,23,25-32H2,1-2H3,(H,37,40)/b18-17-,24-22+. The van der Waals surface area contributed by atoms with Gasteiger partial charge in [0.2, 0.25) is 5.91 Å². The Labute approximate surface area is 254 Å². The summed E-state index contributed by atoms with van der Waals surface area (Å²) < 4.78 is 0. The van der Waals surface area contributed by atoms with Gasteiger partial charge in [-0.1, -0.05) is 128 Å². The van der Waals surface area contributed by atoms with Gasteiger partial charge in [0.05, 0.1) is 18.8 Å². The van der Waals surface area contributed by atoms with Crippen molar-refractivity contribution in [3.8, 4) is 0 Å². The molecule has 0 radical (unpaired) electrons. The molecule has 1 amide bonds. The van der Waals surface area contributed by atoms with Crippen LogP contribution in [0.5, 0.6) is 0 Å². The molecule has 0 heterocycles. The first-order valence-corrected chi connectivity index (χ1v) is 17.6. The fraction of sp³-hybridized carbons (Fsp3) is 0.861. The highest BCUT2D eigenvalue weighted by molar-refractivity contribution is 5.76. The number of rotatable bonds is 31. The summed E-state index contributed by atoms with van der Waals surface area (Å²) in [6, 6.07) is -0.825. The summed E-state index contributed by atoms with van der Waals surface area (Å²) in [6.07, 6.45) is 35.5. The number of aliphatic hydroxyl groups excluding tert-OH is 3. The highest BCUT2D eigenvalue weighted by Crippen LogP contribution is 2.13. The number of carbonyl (C=O) groups is 1. The molecule has 5 nitrogen and oxygen atoms in total. The molecule has 0 aliphatic rings. The fourth-order valence-electron chi connectivity index (χ4n) is 5.21. The van der Waals surface area contributed by atoms with Gasteiger partial charge in [0.25, 0.3) is 0 Å². The van der Waals surface area contributed by atoms with Crippen LogP contribution in [-0.2, 0) is 4.79 Å². The molecule has 4 N–H and O–H groups in total. The van der Waals surface area contributed by atoms with E-state index in [9.17, 15) is 20.1 Å². The Hall–Kier alpha value is -1.17. The fourth-order valence-corrected chi connectivity index (χ4v) is 5.21. The Morgan fingerprint density at radius 1 is 0.585 bits per heavy atom. The average Bonchev–Trinajstić information content (AvgIpc) is 2.97. The Morgan fingerprint density at radius 2 is 0.976 bits per heavy atom. The molecule has 0 aromatic rings. The van der Waals surface area contributed by atoms with Crippen LogP contribution >= 0.6 is 0 Å². The molecule has 0 aromatic heterocycles. The molecule has 3 atom stereocenters. The topological polar surface area (TPSA) is 89.8 Å². The third kappa shape index (κ3) is 27.4. The van der Waals surface area contributed by atoms with Gasteiger partial charge in [-0.05, 0) is 64.2 Å². The van der Waals surface area contributed by atoms with Crippen molar-refractivity contribution in [1.29, 1.82) is 0 Å². The van der Waals surface area contributed by atoms with Gasteiger partial charge in [-0.25, -0.2) is 0 Å². The van der Waals surface area contributed by atoms with E-state index < -0.39 is 18.2 Å². The number of amides is 1. The van der Waals surface area contributed by atoms with Crippen LogP contribution in [0, 0.1) is 0 Å². The van der Waals surface area contributed by atoms with E-state index in [1.807, 2.05) is 0 Å². The Morgan fingerprint density at radius 3 is 1.41 bits per heavy atom. The molecule has 242 valence electrons. The molecule has 0 fully saturated rings. The van der Waals surface area contributed by atoms with Crippen molar-refractivity contribution in [2.24, 2.45) is 0 Å². The molecule has 0 bridgehead atoms. The molecule has 5 heteroatoms. The van der Waals surface area contributed by atoms with Gasteiger partial charge in [-0.2, -0.15) is 0 Å². The van der Waals surface area contributed by atoms with Crippen molar-refractivity contribution in [3.63, 3.8) is 0 Å². The van der Waals surface area contributed by atoms with Crippen LogP contribution in [0.15, 0.2) is 24.3 Å². The quantitative estimate of drug-likeness (QED) is 0.0487. The molecule has 3 unspecified atom stereocenters. The van der Waals surface area contributed by atoms with Gasteiger partial charge in [-0.15, -0.1) is 0 Å². The molecule has 41 heavy (non-hydrogen) atoms. The predicted octanol–water partition coefficient (Wildman–Crippen LogP) is 9.09. The SMILES string of the molecule is CCCCCCCC/C=C/CCCC(O)C(O)C(CO)NC(=O)CCCCCCC/C=C\CCCCCCCCC. The normalized spacial score (nSPS) is 14.2. The lowest BCUT2D eigenvalue weighted by Crippen LogP contribution is -2.50. The number of hydrogen-bond acceptors (Lipinski definition) is 4. The minimum absolute atomic E-state index is 0.166. The van der Waals surface area contributed by atoms with Crippen molar-refractivity contribution in [2.45, 2.75) is 193 Å². The van der Waals surface area contributed by atoms with E-state index in [0.717, 1.165) is 44.9 Å². The van der Waals surface area contributed by atoms with Gasteiger partial charge in [0, 0.05) is 6.42 Å². The maximum Gasteiger partial charge on any atom is 0.220 e. The van der Waals surface area contributed by atoms with Crippen molar-refractivity contribution < 1.29 is 20.1 Å². The third-order valence-electron chi connectivity index (χ3n) is 8.03. The van der Waals surface area contributed by atoms with E-state index in [-0.39, 0.29) is 12.5 Å². The largest absolute Gasteiger partial charge is 0.394 e. The molecular formula is C36H69NO4. The molecule has 0 aliphatic carbocycles. The Bertz CT molecular complexity index is 606. The summed E-state index contributed by atoms with van der Waals surface area (Å²) in [5, 5.41) is 33.2. The monoisotopic (exact) mass is 580 g/mol. The molecule has 0 saturated carbocycles. The van der Waals surface area contributed by atoms with Crippen LogP contribution in [0.1, 0.15) is 174 Å². The third-order valence-corrected chi connectivity index (χ3v) is 8.03. The van der Waals surface area contributed by atoms with Crippen molar-refractivity contribution in [1.82, 2.24) is 5.32 Å². The number of carbonyl (C=O) groups excluding carboxylic acids is 1. The van der Waals surface area contributed by atoms with E-state index in [1.165, 1.54) is 103 Å². The molecule has 0 spiro atoms. The first-order chi connectivity index (χ1) is 20.1. The highest BCUT2D eigenvalue weighted by Gasteiger charge is 2.26. The predicted molar refractivity (Wildman–Crippen MR) is 176 cm³/mol. The summed E-state index contributed by atoms with van der Waals surface area (Å²) in [5.74, 6) is -0.166. The first kappa shape index (κ1) is 39.8. The van der Waals surface area contributed by atoms with Crippen LogP contribution in [0.2, 0.25) is 0 Å². The number of hydrogen-bond donors (Lipinski definition) is 4. The van der Waals surface area contributed by atoms with Gasteiger partial charge >= 0.3 is 0 Å². The summed E-state index contributed by atoms with van der Waals surface area (Å²) in [5.41, 5.74) is 0. The summed E-state index contributed by atoms with van der Waals surface area (Å²) in [7, 11) is 0. The summed E-state index contributed by atoms with van der Waals surface area (Å²) >= 11 is 0. The van der Waals surface area contributed by atoms with Crippen molar-refractivity contribution in [3.05, 3.63) is 24.3 Å². The zero-order valence-corrected chi connectivity index (χ0v) is 27.2. The van der Waals surface area contributed by atoms with Gasteiger partial charge < -0.3 is 20.6 Å². The van der Waals surface area contributed by atoms with Crippen molar-refractivity contribution >= 4 is 5.91 Å². The number of aliphatic hydroxyl groups is 3. The molecule has 0 aliphatic heterocycles. The Kier molecular flexibility index (Phi) is 30.9. The second-order valence-corrected chi connectivity index (χ2v) is 12.1. The van der Waals surface area contributed by atoms with Crippen LogP contribution in [0.3, 0.4) is 0 Å². The summed E-state index contributed by atoms with van der Waals surface area (Å²) in [4.78, 5) is 12.3. The molecular weight excluding hydrogens is 510 g/mol. The first-order valence-electron chi connectivity index (χ1n) is 17.6. The second kappa shape index (κ2) is 31.8. The maximum atomic E-state index is 12.3. The lowest BCUT2D eigenvalue weighted by molar-refractivity contribution is -0.124. The van der Waals surface area contributed by atoms with Gasteiger partial charge in [0.1, 0.15) is 6.10 Å². The van der Waals surface area contributed by atoms with E-state index >= 15 is 0 Å². The minimum Gasteiger partial charge on any atom is -0.394 e. The molecule has 0 rings (SSSR count). The number of nitrogens with one attached hydrogen (secondary N) is 1. The van der Waals surface area contributed by atoms with Gasteiger partial charge in [-0.3, -0.25) is 4.79 Å². The molecule has 0 aromatic carbocycles. The van der Waals surface area contributed by atoms with E-state index in [4.69, 9.17) is 0 Å². The smallest absolute Gasteiger partial charge is 0.220 e. The average molecular weight is 580 g/mol. The zero-order valence-electron chi connectivity index (χ0n) is 27.2. The van der Waals surface area contributed by atoms with Gasteiger partial charge in [0.15, 0.2) is 0 Å². The van der Waals surface area contributed by atoms with E-state index in [0.29, 0.717) is 12.8 Å². The van der Waals surface area contributed by atoms with Crippen molar-refractivity contribution in [2.75, 3.05) is 6.61 Å². The number of allylic oxidation sites excluding steroid dienone is 4. The van der Waals surface area contributed by atoms with Crippen LogP contribution < -0.4 is 5.32 Å². The molecule has 0 saturated heterocycles. The lowest BCUT2D eigenvalue weighted by Gasteiger charge is -2.26. The lowest BCUT2D eigenvalue weighted by atomic mass is 10.0. The van der Waals surface area contributed by atoms with E-state index in [1.54, 1.807) is 0 Å². The minimum atomic E-state index is -1.16. The maximum absolute atomic E-state index is 12.3. The second-order valence-electron chi connectivity index (χ2n) is 12.1. The van der Waals surface area contributed by atoms with Crippen LogP contribution in [0.25, 0.3) is 0 Å². The Balaban J connectivity index is 3.76.